The summed E-state index contributed by atoms with van der Waals surface area (Å²) in [6.45, 7) is 12.7. The van der Waals surface area contributed by atoms with Gasteiger partial charge in [0.2, 0.25) is 10.0 Å². The van der Waals surface area contributed by atoms with Crippen LogP contribution in [0.3, 0.4) is 0 Å². The van der Waals surface area contributed by atoms with E-state index < -0.39 is 15.3 Å². The predicted octanol–water partition coefficient (Wildman–Crippen LogP) is 4.34. The van der Waals surface area contributed by atoms with E-state index >= 15 is 0 Å². The van der Waals surface area contributed by atoms with Crippen LogP contribution in [-0.2, 0) is 10.0 Å². The van der Waals surface area contributed by atoms with E-state index in [1.54, 1.807) is 26.0 Å². The summed E-state index contributed by atoms with van der Waals surface area (Å²) in [6.07, 6.45) is 0. The van der Waals surface area contributed by atoms with Gasteiger partial charge >= 0.3 is 0 Å². The van der Waals surface area contributed by atoms with Crippen LogP contribution in [-0.4, -0.2) is 20.2 Å². The minimum atomic E-state index is -3.23. The third-order valence-electron chi connectivity index (χ3n) is 4.02. The predicted molar refractivity (Wildman–Crippen MR) is 98.6 cm³/mol. The van der Waals surface area contributed by atoms with Crippen molar-refractivity contribution in [2.45, 2.75) is 31.9 Å². The summed E-state index contributed by atoms with van der Waals surface area (Å²) in [5, 5.41) is -0.425. The second kappa shape index (κ2) is 7.61. The van der Waals surface area contributed by atoms with E-state index in [0.717, 1.165) is 16.7 Å². The highest BCUT2D eigenvalue weighted by atomic mass is 32.2. The van der Waals surface area contributed by atoms with Gasteiger partial charge in [0, 0.05) is 6.54 Å². The van der Waals surface area contributed by atoms with Crippen LogP contribution >= 0.6 is 0 Å². The molecule has 0 aromatic heterocycles. The van der Waals surface area contributed by atoms with Crippen molar-refractivity contribution >= 4 is 15.7 Å². The molecule has 0 fully saturated rings. The van der Waals surface area contributed by atoms with Crippen LogP contribution in [0, 0.1) is 6.57 Å². The van der Waals surface area contributed by atoms with Crippen LogP contribution in [0.4, 0.5) is 5.69 Å². The fraction of sp³-hybridized carbons (Fsp3) is 0.316. The van der Waals surface area contributed by atoms with Crippen LogP contribution in [0.1, 0.15) is 32.3 Å². The first-order valence-corrected chi connectivity index (χ1v) is 9.44. The lowest BCUT2D eigenvalue weighted by Crippen LogP contribution is -2.33. The molecule has 0 bridgehead atoms. The number of nitrogens with zero attached hydrogens (tertiary/aromatic N) is 1. The average Bonchev–Trinajstić information content (AvgIpc) is 2.60. The molecule has 1 N–H and O–H groups in total. The molecule has 2 aromatic rings. The number of rotatable bonds is 6. The van der Waals surface area contributed by atoms with Gasteiger partial charge in [0.05, 0.1) is 11.8 Å². The van der Waals surface area contributed by atoms with Crippen LogP contribution in [0.5, 0.6) is 0 Å². The fourth-order valence-corrected chi connectivity index (χ4v) is 3.07. The summed E-state index contributed by atoms with van der Waals surface area (Å²) in [6, 6.07) is 15.6. The lowest BCUT2D eigenvalue weighted by molar-refractivity contribution is 0.566. The SMILES string of the molecule is [C-]#[N+]c1ccc(-c2ccc(C(C)CNS(=O)(=O)C(C)C)cc2)cc1. The zero-order valence-corrected chi connectivity index (χ0v) is 15.0. The summed E-state index contributed by atoms with van der Waals surface area (Å²) < 4.78 is 26.3. The summed E-state index contributed by atoms with van der Waals surface area (Å²) >= 11 is 0. The molecule has 126 valence electrons. The lowest BCUT2D eigenvalue weighted by atomic mass is 9.97. The smallest absolute Gasteiger partial charge is 0.213 e. The standard InChI is InChI=1S/C19H22N2O2S/c1-14(2)24(22,23)21-13-15(3)16-5-7-17(8-6-16)18-9-11-19(20-4)12-10-18/h5-12,14-15,21H,13H2,1-3H3. The fourth-order valence-electron chi connectivity index (χ4n) is 2.26. The Kier molecular flexibility index (Phi) is 5.76. The summed E-state index contributed by atoms with van der Waals surface area (Å²) in [4.78, 5) is 3.39. The second-order valence-corrected chi connectivity index (χ2v) is 8.45. The molecule has 0 aliphatic carbocycles. The Hall–Kier alpha value is -2.16. The highest BCUT2D eigenvalue weighted by Gasteiger charge is 2.17. The molecule has 0 aliphatic heterocycles. The van der Waals surface area contributed by atoms with Gasteiger partial charge in [-0.1, -0.05) is 55.5 Å². The molecule has 4 nitrogen and oxygen atoms in total. The molecule has 1 atom stereocenters. The molecule has 0 saturated carbocycles. The van der Waals surface area contributed by atoms with Crippen molar-refractivity contribution in [1.29, 1.82) is 0 Å². The van der Waals surface area contributed by atoms with Gasteiger partial charge < -0.3 is 0 Å². The molecule has 0 amide bonds. The minimum absolute atomic E-state index is 0.0945. The first kappa shape index (κ1) is 18.2. The van der Waals surface area contributed by atoms with E-state index in [4.69, 9.17) is 6.57 Å². The molecular formula is C19H22N2O2S. The van der Waals surface area contributed by atoms with Crippen LogP contribution in [0.2, 0.25) is 0 Å². The van der Waals surface area contributed by atoms with Crippen molar-refractivity contribution in [1.82, 2.24) is 4.72 Å². The zero-order valence-electron chi connectivity index (χ0n) is 14.2. The molecule has 0 radical (unpaired) electrons. The Morgan fingerprint density at radius 2 is 1.46 bits per heavy atom. The Labute approximate surface area is 144 Å². The van der Waals surface area contributed by atoms with Crippen molar-refractivity contribution in [2.75, 3.05) is 6.54 Å². The van der Waals surface area contributed by atoms with Gasteiger partial charge in [-0.05, 0) is 36.5 Å². The third-order valence-corrected chi connectivity index (χ3v) is 5.83. The van der Waals surface area contributed by atoms with E-state index in [9.17, 15) is 8.42 Å². The molecule has 0 heterocycles. The van der Waals surface area contributed by atoms with Gasteiger partial charge in [0.25, 0.3) is 0 Å². The summed E-state index contributed by atoms with van der Waals surface area (Å²) in [7, 11) is -3.23. The van der Waals surface area contributed by atoms with E-state index in [1.807, 2.05) is 43.3 Å². The molecule has 0 aliphatic rings. The van der Waals surface area contributed by atoms with Gasteiger partial charge in [-0.15, -0.1) is 0 Å². The number of hydrogen-bond acceptors (Lipinski definition) is 2. The monoisotopic (exact) mass is 342 g/mol. The molecule has 2 rings (SSSR count). The topological polar surface area (TPSA) is 50.5 Å². The maximum absolute atomic E-state index is 11.8. The van der Waals surface area contributed by atoms with Crippen molar-refractivity contribution in [2.24, 2.45) is 0 Å². The highest BCUT2D eigenvalue weighted by molar-refractivity contribution is 7.90. The van der Waals surface area contributed by atoms with Crippen molar-refractivity contribution in [3.63, 3.8) is 0 Å². The molecular weight excluding hydrogens is 320 g/mol. The van der Waals surface area contributed by atoms with E-state index in [0.29, 0.717) is 12.2 Å². The van der Waals surface area contributed by atoms with Crippen LogP contribution < -0.4 is 4.72 Å². The van der Waals surface area contributed by atoms with Gasteiger partial charge in [0.1, 0.15) is 0 Å². The van der Waals surface area contributed by atoms with Gasteiger partial charge in [-0.2, -0.15) is 0 Å². The maximum atomic E-state index is 11.8. The van der Waals surface area contributed by atoms with E-state index in [-0.39, 0.29) is 5.92 Å². The van der Waals surface area contributed by atoms with Crippen LogP contribution in [0.25, 0.3) is 16.0 Å². The first-order valence-electron chi connectivity index (χ1n) is 7.90. The normalized spacial score (nSPS) is 12.8. The summed E-state index contributed by atoms with van der Waals surface area (Å²) in [5.74, 6) is 0.0945. The van der Waals surface area contributed by atoms with Crippen LogP contribution in [0.15, 0.2) is 48.5 Å². The molecule has 1 unspecified atom stereocenters. The maximum Gasteiger partial charge on any atom is 0.213 e. The van der Waals surface area contributed by atoms with Gasteiger partial charge in [-0.3, -0.25) is 0 Å². The molecule has 0 spiro atoms. The van der Waals surface area contributed by atoms with E-state index in [1.165, 1.54) is 0 Å². The Bertz CT molecular complexity index is 817. The molecule has 0 saturated heterocycles. The van der Waals surface area contributed by atoms with Gasteiger partial charge in [0.15, 0.2) is 5.69 Å². The summed E-state index contributed by atoms with van der Waals surface area (Å²) in [5.41, 5.74) is 3.84. The largest absolute Gasteiger partial charge is 0.238 e. The average molecular weight is 342 g/mol. The minimum Gasteiger partial charge on any atom is -0.238 e. The number of nitrogens with one attached hydrogen (secondary N) is 1. The van der Waals surface area contributed by atoms with Crippen molar-refractivity contribution in [3.05, 3.63) is 65.5 Å². The van der Waals surface area contributed by atoms with Crippen molar-refractivity contribution in [3.8, 4) is 11.1 Å². The lowest BCUT2D eigenvalue weighted by Gasteiger charge is -2.15. The van der Waals surface area contributed by atoms with Crippen molar-refractivity contribution < 1.29 is 8.42 Å². The quantitative estimate of drug-likeness (QED) is 0.794. The number of benzene rings is 2. The zero-order chi connectivity index (χ0) is 17.7. The number of sulfonamides is 1. The third kappa shape index (κ3) is 4.44. The molecule has 2 aromatic carbocycles. The Morgan fingerprint density at radius 3 is 1.92 bits per heavy atom. The Morgan fingerprint density at radius 1 is 0.958 bits per heavy atom. The second-order valence-electron chi connectivity index (χ2n) is 6.12. The molecule has 5 heteroatoms. The van der Waals surface area contributed by atoms with Gasteiger partial charge in [-0.25, -0.2) is 18.0 Å². The Balaban J connectivity index is 2.07. The molecule has 24 heavy (non-hydrogen) atoms. The number of hydrogen-bond donors (Lipinski definition) is 1. The highest BCUT2D eigenvalue weighted by Crippen LogP contribution is 2.25. The van der Waals surface area contributed by atoms with E-state index in [2.05, 4.69) is 9.57 Å². The first-order chi connectivity index (χ1) is 11.3.